The lowest BCUT2D eigenvalue weighted by atomic mass is 10.3. The molecule has 0 amide bonds. The molecule has 0 aliphatic carbocycles. The molecule has 0 saturated heterocycles. The van der Waals surface area contributed by atoms with Gasteiger partial charge in [-0.2, -0.15) is 0 Å². The van der Waals surface area contributed by atoms with Gasteiger partial charge in [-0.25, -0.2) is 0 Å². The van der Waals surface area contributed by atoms with E-state index in [1.54, 1.807) is 7.11 Å². The van der Waals surface area contributed by atoms with Crippen molar-refractivity contribution < 1.29 is 14.8 Å². The van der Waals surface area contributed by atoms with E-state index >= 15 is 0 Å². The van der Waals surface area contributed by atoms with Gasteiger partial charge in [-0.05, 0) is 40.8 Å². The van der Waals surface area contributed by atoms with Crippen LogP contribution in [0.1, 0.15) is 0 Å². The number of hydrogen-bond acceptors (Lipinski definition) is 3. The summed E-state index contributed by atoms with van der Waals surface area (Å²) in [6.07, 6.45) is 0. The number of hydrogen-bond donors (Lipinski definition) is 2. The van der Waals surface area contributed by atoms with Crippen molar-refractivity contribution in [3.05, 3.63) is 27.8 Å². The molecular weight excluding hydrogens is 270 g/mol. The Hall–Kier alpha value is -0.265. The monoisotopic (exact) mass is 279 g/mol. The lowest BCUT2D eigenvalue weighted by Crippen LogP contribution is -1.81. The summed E-state index contributed by atoms with van der Waals surface area (Å²) in [6, 6.07) is 7.92. The maximum atomic E-state index is 7.00. The van der Waals surface area contributed by atoms with Crippen molar-refractivity contribution >= 4 is 30.3 Å². The fraction of sp³-hybridized carbons (Fsp3) is 0.143. The summed E-state index contributed by atoms with van der Waals surface area (Å²) < 4.78 is 6.19. The zero-order chi connectivity index (χ0) is 9.40. The van der Waals surface area contributed by atoms with Crippen molar-refractivity contribution in [2.24, 2.45) is 0 Å². The van der Waals surface area contributed by atoms with Crippen LogP contribution in [0.3, 0.4) is 0 Å². The van der Waals surface area contributed by atoms with Gasteiger partial charge in [0.05, 0.1) is 7.11 Å². The van der Waals surface area contributed by atoms with Crippen LogP contribution in [0.25, 0.3) is 0 Å². The van der Waals surface area contributed by atoms with Gasteiger partial charge in [0.15, 0.2) is 0 Å². The largest absolute Gasteiger partial charge is 0.497 e. The molecule has 0 heterocycles. The number of benzene rings is 1. The Balaban J connectivity index is 0.000000354. The highest BCUT2D eigenvalue weighted by Gasteiger charge is 1.88. The molecule has 0 saturated carbocycles. The van der Waals surface area contributed by atoms with Crippen LogP contribution in [0.15, 0.2) is 24.3 Å². The van der Waals surface area contributed by atoms with Gasteiger partial charge in [0.1, 0.15) is 5.75 Å². The molecule has 1 rings (SSSR count). The van der Waals surface area contributed by atoms with Crippen LogP contribution in [0.5, 0.6) is 5.75 Å². The topological polar surface area (TPSA) is 49.7 Å². The average molecular weight is 279 g/mol. The molecule has 65 valence electrons. The summed E-state index contributed by atoms with van der Waals surface area (Å²) in [7, 11) is 1.67. The van der Waals surface area contributed by atoms with Crippen molar-refractivity contribution in [3.8, 4) is 5.75 Å². The van der Waals surface area contributed by atoms with E-state index in [4.69, 9.17) is 14.8 Å². The Morgan fingerprint density at radius 1 is 1.42 bits per heavy atom. The minimum Gasteiger partial charge on any atom is -0.497 e. The molecule has 0 atom stereocenters. The van der Waals surface area contributed by atoms with E-state index < -0.39 is 0 Å². The first-order valence-electron chi connectivity index (χ1n) is 3.14. The highest BCUT2D eigenvalue weighted by Crippen LogP contribution is 2.13. The second-order valence-corrected chi connectivity index (χ2v) is 3.02. The van der Waals surface area contributed by atoms with Crippen LogP contribution in [0, 0.1) is 3.57 Å². The summed E-state index contributed by atoms with van der Waals surface area (Å²) in [5.74, 6) is 0.918. The van der Waals surface area contributed by atoms with Crippen molar-refractivity contribution in [1.29, 1.82) is 0 Å². The van der Waals surface area contributed by atoms with E-state index in [0.29, 0.717) is 0 Å². The Labute approximate surface area is 85.8 Å². The molecule has 0 aliphatic rings. The second-order valence-electron chi connectivity index (χ2n) is 1.78. The fourth-order valence-electron chi connectivity index (χ4n) is 0.594. The van der Waals surface area contributed by atoms with E-state index in [2.05, 4.69) is 22.6 Å². The van der Waals surface area contributed by atoms with Gasteiger partial charge in [-0.1, -0.05) is 6.07 Å². The Kier molecular flexibility index (Phi) is 7.22. The Morgan fingerprint density at radius 3 is 2.33 bits per heavy atom. The third-order valence-corrected chi connectivity index (χ3v) is 1.70. The maximum absolute atomic E-state index is 7.00. The van der Waals surface area contributed by atoms with E-state index in [-0.39, 0.29) is 7.69 Å². The van der Waals surface area contributed by atoms with Gasteiger partial charge in [0, 0.05) is 3.57 Å². The van der Waals surface area contributed by atoms with Crippen molar-refractivity contribution in [2.45, 2.75) is 0 Å². The van der Waals surface area contributed by atoms with E-state index in [1.165, 1.54) is 3.57 Å². The predicted octanol–water partition coefficient (Wildman–Crippen LogP) is 0.805. The molecule has 5 heteroatoms. The normalized spacial score (nSPS) is 8.00. The average Bonchev–Trinajstić information content (AvgIpc) is 2.06. The molecule has 0 bridgehead atoms. The fourth-order valence-corrected chi connectivity index (χ4v) is 1.11. The van der Waals surface area contributed by atoms with Crippen molar-refractivity contribution in [1.82, 2.24) is 0 Å². The van der Waals surface area contributed by atoms with Gasteiger partial charge < -0.3 is 14.8 Å². The molecule has 1 aromatic carbocycles. The first-order chi connectivity index (χ1) is 5.74. The molecule has 0 aliphatic heterocycles. The number of ether oxygens (including phenoxy) is 1. The van der Waals surface area contributed by atoms with Gasteiger partial charge in [-0.3, -0.25) is 0 Å². The van der Waals surface area contributed by atoms with Crippen LogP contribution in [-0.4, -0.2) is 24.8 Å². The SMILES string of the molecule is COc1cccc(I)c1.O[B]O. The van der Waals surface area contributed by atoms with Crippen molar-refractivity contribution in [3.63, 3.8) is 0 Å². The lowest BCUT2D eigenvalue weighted by molar-refractivity contribution is 0.414. The quantitative estimate of drug-likeness (QED) is 0.590. The third-order valence-electron chi connectivity index (χ3n) is 1.03. The van der Waals surface area contributed by atoms with Gasteiger partial charge in [0.2, 0.25) is 0 Å². The molecular formula is C7H9BIO3. The molecule has 12 heavy (non-hydrogen) atoms. The van der Waals surface area contributed by atoms with Crippen LogP contribution in [0.4, 0.5) is 0 Å². The summed E-state index contributed by atoms with van der Waals surface area (Å²) >= 11 is 2.25. The molecule has 1 radical (unpaired) electrons. The summed E-state index contributed by atoms with van der Waals surface area (Å²) in [4.78, 5) is 0. The number of methoxy groups -OCH3 is 1. The summed E-state index contributed by atoms with van der Waals surface area (Å²) in [6.45, 7) is 0. The molecule has 1 aromatic rings. The van der Waals surface area contributed by atoms with E-state index in [1.807, 2.05) is 24.3 Å². The Morgan fingerprint density at radius 2 is 2.00 bits per heavy atom. The first kappa shape index (κ1) is 11.7. The molecule has 0 unspecified atom stereocenters. The van der Waals surface area contributed by atoms with Gasteiger partial charge in [0.25, 0.3) is 0 Å². The number of rotatable bonds is 1. The molecule has 0 fully saturated rings. The van der Waals surface area contributed by atoms with Gasteiger partial charge >= 0.3 is 7.69 Å². The maximum Gasteiger partial charge on any atom is 0.482 e. The highest BCUT2D eigenvalue weighted by molar-refractivity contribution is 14.1. The van der Waals surface area contributed by atoms with Crippen LogP contribution >= 0.6 is 22.6 Å². The number of halogens is 1. The molecule has 0 aromatic heterocycles. The zero-order valence-corrected chi connectivity index (χ0v) is 8.72. The third kappa shape index (κ3) is 5.39. The second kappa shape index (κ2) is 7.39. The van der Waals surface area contributed by atoms with E-state index in [9.17, 15) is 0 Å². The van der Waals surface area contributed by atoms with Crippen LogP contribution in [0.2, 0.25) is 0 Å². The highest BCUT2D eigenvalue weighted by atomic mass is 127. The van der Waals surface area contributed by atoms with Crippen LogP contribution < -0.4 is 4.74 Å². The van der Waals surface area contributed by atoms with Gasteiger partial charge in [-0.15, -0.1) is 0 Å². The van der Waals surface area contributed by atoms with E-state index in [0.717, 1.165) is 5.75 Å². The van der Waals surface area contributed by atoms with Crippen molar-refractivity contribution in [2.75, 3.05) is 7.11 Å². The zero-order valence-electron chi connectivity index (χ0n) is 6.57. The molecule has 0 spiro atoms. The van der Waals surface area contributed by atoms with Crippen LogP contribution in [-0.2, 0) is 0 Å². The standard InChI is InChI=1S/C7H7IO.BH2O2/c1-9-7-4-2-3-6(8)5-7;2-1-3/h2-5H,1H3;2-3H. The molecule has 2 N–H and O–H groups in total. The minimum absolute atomic E-state index is 0. The summed E-state index contributed by atoms with van der Waals surface area (Å²) in [5.41, 5.74) is 0. The smallest absolute Gasteiger partial charge is 0.482 e. The predicted molar refractivity (Wildman–Crippen MR) is 55.9 cm³/mol. The summed E-state index contributed by atoms with van der Waals surface area (Å²) in [5, 5.41) is 14.0. The first-order valence-corrected chi connectivity index (χ1v) is 4.22. The minimum atomic E-state index is 0. The lowest BCUT2D eigenvalue weighted by Gasteiger charge is -1.96. The Bertz CT molecular complexity index is 220. The molecule has 3 nitrogen and oxygen atoms in total.